The summed E-state index contributed by atoms with van der Waals surface area (Å²) in [6.45, 7) is 2.16. The Morgan fingerprint density at radius 1 is 1.20 bits per heavy atom. The lowest BCUT2D eigenvalue weighted by Gasteiger charge is -1.85. The highest BCUT2D eigenvalue weighted by Crippen LogP contribution is 2.13. The van der Waals surface area contributed by atoms with E-state index in [0.717, 1.165) is 17.5 Å². The molecule has 0 bridgehead atoms. The lowest BCUT2D eigenvalue weighted by molar-refractivity contribution is 1.19. The van der Waals surface area contributed by atoms with Gasteiger partial charge in [-0.15, -0.1) is 11.3 Å². The van der Waals surface area contributed by atoms with Crippen LogP contribution in [0.25, 0.3) is 0 Å². The molecule has 0 fully saturated rings. The maximum Gasteiger partial charge on any atom is 0.0358 e. The van der Waals surface area contributed by atoms with Crippen LogP contribution in [-0.4, -0.2) is 4.98 Å². The lowest BCUT2D eigenvalue weighted by atomic mass is 10.2. The molecule has 0 aliphatic carbocycles. The van der Waals surface area contributed by atoms with Gasteiger partial charge in [0, 0.05) is 33.8 Å². The fraction of sp³-hybridized carbons (Fsp3) is 0.154. The molecule has 2 aromatic rings. The topological polar surface area (TPSA) is 12.9 Å². The van der Waals surface area contributed by atoms with Crippen LogP contribution in [0.3, 0.4) is 0 Å². The molecule has 0 saturated heterocycles. The summed E-state index contributed by atoms with van der Waals surface area (Å²) in [6, 6.07) is 5.99. The minimum Gasteiger partial charge on any atom is -0.265 e. The van der Waals surface area contributed by atoms with Crippen LogP contribution >= 0.6 is 11.3 Å². The minimum absolute atomic E-state index is 1.01. The monoisotopic (exact) mass is 213 g/mol. The molecular formula is C13H11NS. The standard InChI is InChI=1S/C13H11NS/c1-2-13-9-12(10-15-13)4-3-11-5-7-14-8-6-11/h5-10H,2H2,1H3. The molecule has 0 N–H and O–H groups in total. The zero-order valence-electron chi connectivity index (χ0n) is 8.53. The van der Waals surface area contributed by atoms with Crippen molar-refractivity contribution in [1.82, 2.24) is 4.98 Å². The molecule has 74 valence electrons. The van der Waals surface area contributed by atoms with Crippen LogP contribution in [0.5, 0.6) is 0 Å². The predicted octanol–water partition coefficient (Wildman–Crippen LogP) is 3.11. The van der Waals surface area contributed by atoms with Crippen LogP contribution in [0, 0.1) is 11.8 Å². The first-order valence-corrected chi connectivity index (χ1v) is 5.76. The maximum atomic E-state index is 3.95. The number of nitrogens with zero attached hydrogens (tertiary/aromatic N) is 1. The summed E-state index contributed by atoms with van der Waals surface area (Å²) >= 11 is 1.77. The molecule has 0 amide bonds. The highest BCUT2D eigenvalue weighted by Gasteiger charge is 1.93. The van der Waals surface area contributed by atoms with Crippen molar-refractivity contribution in [3.8, 4) is 11.8 Å². The van der Waals surface area contributed by atoms with Gasteiger partial charge >= 0.3 is 0 Å². The minimum atomic E-state index is 1.01. The van der Waals surface area contributed by atoms with Crippen molar-refractivity contribution in [3.63, 3.8) is 0 Å². The first kappa shape index (κ1) is 9.95. The lowest BCUT2D eigenvalue weighted by Crippen LogP contribution is -1.74. The smallest absolute Gasteiger partial charge is 0.0358 e. The van der Waals surface area contributed by atoms with Gasteiger partial charge in [0.05, 0.1) is 0 Å². The molecule has 2 aromatic heterocycles. The Bertz CT molecular complexity index is 488. The van der Waals surface area contributed by atoms with Crippen molar-refractivity contribution in [2.24, 2.45) is 0 Å². The molecular weight excluding hydrogens is 202 g/mol. The van der Waals surface area contributed by atoms with E-state index in [-0.39, 0.29) is 0 Å². The summed E-state index contributed by atoms with van der Waals surface area (Å²) in [5.74, 6) is 6.26. The number of thiophene rings is 1. The molecule has 2 rings (SSSR count). The van der Waals surface area contributed by atoms with E-state index in [1.165, 1.54) is 4.88 Å². The van der Waals surface area contributed by atoms with E-state index in [2.05, 4.69) is 35.2 Å². The third-order valence-electron chi connectivity index (χ3n) is 2.03. The highest BCUT2D eigenvalue weighted by atomic mass is 32.1. The van der Waals surface area contributed by atoms with Gasteiger partial charge < -0.3 is 0 Å². The molecule has 0 radical (unpaired) electrons. The molecule has 0 aliphatic rings. The predicted molar refractivity (Wildman–Crippen MR) is 63.9 cm³/mol. The second-order valence-corrected chi connectivity index (χ2v) is 4.14. The highest BCUT2D eigenvalue weighted by molar-refractivity contribution is 7.10. The molecule has 2 heteroatoms. The van der Waals surface area contributed by atoms with Gasteiger partial charge in [-0.25, -0.2) is 0 Å². The molecule has 1 nitrogen and oxygen atoms in total. The van der Waals surface area contributed by atoms with E-state index >= 15 is 0 Å². The Balaban J connectivity index is 2.18. The number of hydrogen-bond acceptors (Lipinski definition) is 2. The van der Waals surface area contributed by atoms with Crippen molar-refractivity contribution < 1.29 is 0 Å². The third-order valence-corrected chi connectivity index (χ3v) is 3.11. The normalized spacial score (nSPS) is 9.40. The van der Waals surface area contributed by atoms with Crippen molar-refractivity contribution in [1.29, 1.82) is 0 Å². The first-order chi connectivity index (χ1) is 7.38. The SMILES string of the molecule is CCc1cc(C#Cc2ccncc2)cs1. The van der Waals surface area contributed by atoms with Gasteiger partial charge in [0.25, 0.3) is 0 Å². The van der Waals surface area contributed by atoms with Crippen molar-refractivity contribution >= 4 is 11.3 Å². The summed E-state index contributed by atoms with van der Waals surface area (Å²) in [7, 11) is 0. The van der Waals surface area contributed by atoms with E-state index in [4.69, 9.17) is 0 Å². The van der Waals surface area contributed by atoms with Crippen LogP contribution in [0.1, 0.15) is 22.9 Å². The van der Waals surface area contributed by atoms with Gasteiger partial charge in [-0.3, -0.25) is 4.98 Å². The average molecular weight is 213 g/mol. The third kappa shape index (κ3) is 2.68. The Morgan fingerprint density at radius 3 is 2.60 bits per heavy atom. The van der Waals surface area contributed by atoms with Crippen LogP contribution in [0.15, 0.2) is 36.0 Å². The molecule has 0 aromatic carbocycles. The fourth-order valence-electron chi connectivity index (χ4n) is 1.21. The molecule has 0 aliphatic heterocycles. The first-order valence-electron chi connectivity index (χ1n) is 4.88. The molecule has 0 atom stereocenters. The zero-order valence-corrected chi connectivity index (χ0v) is 9.34. The Labute approximate surface area is 93.8 Å². The second kappa shape index (κ2) is 4.77. The largest absolute Gasteiger partial charge is 0.265 e. The van der Waals surface area contributed by atoms with Crippen molar-refractivity contribution in [3.05, 3.63) is 52.0 Å². The summed E-state index contributed by atoms with van der Waals surface area (Å²) in [5, 5.41) is 2.10. The summed E-state index contributed by atoms with van der Waals surface area (Å²) < 4.78 is 0. The van der Waals surface area contributed by atoms with Gasteiger partial charge in [-0.05, 0) is 24.6 Å². The van der Waals surface area contributed by atoms with Gasteiger partial charge in [0.1, 0.15) is 0 Å². The Kier molecular flexibility index (Phi) is 3.16. The van der Waals surface area contributed by atoms with Gasteiger partial charge in [0.15, 0.2) is 0 Å². The number of pyridine rings is 1. The van der Waals surface area contributed by atoms with Crippen LogP contribution in [0.4, 0.5) is 0 Å². The average Bonchev–Trinajstić information content (AvgIpc) is 2.76. The summed E-state index contributed by atoms with van der Waals surface area (Å²) in [5.41, 5.74) is 2.11. The summed E-state index contributed by atoms with van der Waals surface area (Å²) in [6.07, 6.45) is 4.60. The van der Waals surface area contributed by atoms with Gasteiger partial charge in [-0.2, -0.15) is 0 Å². The molecule has 0 spiro atoms. The van der Waals surface area contributed by atoms with Crippen LogP contribution in [0.2, 0.25) is 0 Å². The van der Waals surface area contributed by atoms with Gasteiger partial charge in [0.2, 0.25) is 0 Å². The maximum absolute atomic E-state index is 3.95. The number of hydrogen-bond donors (Lipinski definition) is 0. The van der Waals surface area contributed by atoms with E-state index < -0.39 is 0 Å². The molecule has 2 heterocycles. The number of rotatable bonds is 1. The van der Waals surface area contributed by atoms with Crippen LogP contribution in [-0.2, 0) is 6.42 Å². The number of aromatic nitrogens is 1. The van der Waals surface area contributed by atoms with E-state index in [1.54, 1.807) is 23.7 Å². The van der Waals surface area contributed by atoms with Crippen molar-refractivity contribution in [2.45, 2.75) is 13.3 Å². The summed E-state index contributed by atoms with van der Waals surface area (Å²) in [4.78, 5) is 5.34. The molecule has 15 heavy (non-hydrogen) atoms. The zero-order chi connectivity index (χ0) is 10.5. The quantitative estimate of drug-likeness (QED) is 0.663. The second-order valence-electron chi connectivity index (χ2n) is 3.14. The Hall–Kier alpha value is -1.59. The Morgan fingerprint density at radius 2 is 1.93 bits per heavy atom. The van der Waals surface area contributed by atoms with E-state index in [1.807, 2.05) is 12.1 Å². The molecule has 0 saturated carbocycles. The molecule has 0 unspecified atom stereocenters. The fourth-order valence-corrected chi connectivity index (χ4v) is 1.98. The van der Waals surface area contributed by atoms with E-state index in [0.29, 0.717) is 0 Å². The number of aryl methyl sites for hydroxylation is 1. The van der Waals surface area contributed by atoms with Crippen LogP contribution < -0.4 is 0 Å². The van der Waals surface area contributed by atoms with Crippen molar-refractivity contribution in [2.75, 3.05) is 0 Å². The van der Waals surface area contributed by atoms with E-state index in [9.17, 15) is 0 Å². The van der Waals surface area contributed by atoms with Gasteiger partial charge in [-0.1, -0.05) is 18.8 Å².